The monoisotopic (exact) mass is 687 g/mol. The van der Waals surface area contributed by atoms with Gasteiger partial charge in [0.2, 0.25) is 0 Å². The van der Waals surface area contributed by atoms with Gasteiger partial charge < -0.3 is 9.29 Å². The first-order valence-electron chi connectivity index (χ1n) is 13.6. The van der Waals surface area contributed by atoms with E-state index in [4.69, 9.17) is 4.98 Å². The maximum absolute atomic E-state index is 5.40. The fraction of sp³-hybridized carbons (Fsp3) is 0.206. The third-order valence-electron chi connectivity index (χ3n) is 7.73. The van der Waals surface area contributed by atoms with Gasteiger partial charge in [-0.3, -0.25) is 4.98 Å². The van der Waals surface area contributed by atoms with Crippen LogP contribution in [0.2, 0.25) is 0 Å². The van der Waals surface area contributed by atoms with E-state index >= 15 is 0 Å². The number of benzene rings is 4. The van der Waals surface area contributed by atoms with Gasteiger partial charge in [0.05, 0.1) is 11.4 Å². The van der Waals surface area contributed by atoms with Crippen LogP contribution in [0, 0.1) is 6.07 Å². The van der Waals surface area contributed by atoms with E-state index in [0.29, 0.717) is 11.8 Å². The van der Waals surface area contributed by atoms with Gasteiger partial charge in [-0.1, -0.05) is 118 Å². The van der Waals surface area contributed by atoms with Gasteiger partial charge in [-0.2, -0.15) is 0 Å². The number of hydrogen-bond donors (Lipinski definition) is 0. The Balaban J connectivity index is 0.00000308. The third kappa shape index (κ3) is 4.58. The number of nitrogens with zero attached hydrogens (tertiary/aromatic N) is 3. The van der Waals surface area contributed by atoms with Gasteiger partial charge in [-0.15, -0.1) is 24.3 Å². The third-order valence-corrected chi connectivity index (χ3v) is 7.73. The zero-order chi connectivity index (χ0) is 26.4. The fourth-order valence-electron chi connectivity index (χ4n) is 5.95. The second-order valence-corrected chi connectivity index (χ2v) is 10.8. The molecule has 6 rings (SSSR count). The molecule has 0 unspecified atom stereocenters. The van der Waals surface area contributed by atoms with Gasteiger partial charge in [0.15, 0.2) is 0 Å². The van der Waals surface area contributed by atoms with Gasteiger partial charge in [0.1, 0.15) is 0 Å². The molecular formula is C34H33BIrN3-. The summed E-state index contributed by atoms with van der Waals surface area (Å²) in [6, 6.07) is 38.0. The molecule has 39 heavy (non-hydrogen) atoms. The van der Waals surface area contributed by atoms with Gasteiger partial charge in [0.25, 0.3) is 0 Å². The Morgan fingerprint density at radius 3 is 1.90 bits per heavy atom. The summed E-state index contributed by atoms with van der Waals surface area (Å²) >= 11 is 0. The van der Waals surface area contributed by atoms with Crippen LogP contribution in [-0.4, -0.2) is 23.5 Å². The summed E-state index contributed by atoms with van der Waals surface area (Å²) in [6.07, 6.45) is 0. The zero-order valence-electron chi connectivity index (χ0n) is 23.1. The molecule has 0 spiro atoms. The van der Waals surface area contributed by atoms with Crippen LogP contribution in [0.25, 0.3) is 33.9 Å². The predicted octanol–water partition coefficient (Wildman–Crippen LogP) is 7.62. The minimum atomic E-state index is -0.0514. The largest absolute Gasteiger partial charge is 0.436 e. The number of aromatic nitrogens is 2. The van der Waals surface area contributed by atoms with E-state index in [9.17, 15) is 0 Å². The standard InChI is InChI=1S/C34H33BN3.Ir/c1-23(2)27-20-14-21-28(24(3)4)31(27)35-37(5)30-22-13-12-19-29(30)34-36-32(25-15-8-6-9-16-25)33(38(34)35)26-17-10-7-11-18-26;/h6-18,20-24H,1-5H3;/q-1;. The average molecular weight is 687 g/mol. The Morgan fingerprint density at radius 1 is 0.718 bits per heavy atom. The molecule has 0 N–H and O–H groups in total. The zero-order valence-corrected chi connectivity index (χ0v) is 25.5. The number of imidazole rings is 1. The van der Waals surface area contributed by atoms with E-state index in [1.165, 1.54) is 16.6 Å². The first-order valence-corrected chi connectivity index (χ1v) is 13.6. The van der Waals surface area contributed by atoms with Gasteiger partial charge in [-0.25, -0.2) is 0 Å². The van der Waals surface area contributed by atoms with Gasteiger partial charge in [0, 0.05) is 31.5 Å². The van der Waals surface area contributed by atoms with Crippen LogP contribution in [-0.2, 0) is 20.1 Å². The molecule has 5 heteroatoms. The summed E-state index contributed by atoms with van der Waals surface area (Å²) in [5.74, 6) is 1.75. The topological polar surface area (TPSA) is 21.1 Å². The first-order chi connectivity index (χ1) is 18.5. The number of hydrogen-bond acceptors (Lipinski definition) is 2. The molecule has 0 bridgehead atoms. The van der Waals surface area contributed by atoms with E-state index < -0.39 is 0 Å². The van der Waals surface area contributed by atoms with Crippen molar-refractivity contribution in [3.05, 3.63) is 114 Å². The Hall–Kier alpha value is -3.40. The predicted molar refractivity (Wildman–Crippen MR) is 161 cm³/mol. The van der Waals surface area contributed by atoms with Crippen LogP contribution >= 0.6 is 0 Å². The maximum Gasteiger partial charge on any atom is 0.399 e. The van der Waals surface area contributed by atoms with Crippen molar-refractivity contribution >= 4 is 18.1 Å². The quantitative estimate of drug-likeness (QED) is 0.140. The number of rotatable bonds is 5. The summed E-state index contributed by atoms with van der Waals surface area (Å²) in [5, 5.41) is 0. The van der Waals surface area contributed by atoms with Crippen LogP contribution in [0.4, 0.5) is 5.69 Å². The molecule has 0 atom stereocenters. The summed E-state index contributed by atoms with van der Waals surface area (Å²) in [6.45, 7) is 9.15. The molecule has 1 aliphatic heterocycles. The van der Waals surface area contributed by atoms with E-state index in [1.54, 1.807) is 0 Å². The molecule has 5 aromatic rings. The summed E-state index contributed by atoms with van der Waals surface area (Å²) in [7, 11) is 2.22. The normalized spacial score (nSPS) is 12.4. The molecule has 1 aliphatic rings. The Kier molecular flexibility index (Phi) is 7.67. The fourth-order valence-corrected chi connectivity index (χ4v) is 5.95. The molecule has 0 fully saturated rings. The molecule has 1 aromatic heterocycles. The minimum absolute atomic E-state index is 0. The number of anilines is 1. The molecule has 0 aliphatic carbocycles. The Bertz CT molecular complexity index is 1570. The van der Waals surface area contributed by atoms with Gasteiger partial charge in [-0.05, 0) is 41.0 Å². The second kappa shape index (κ2) is 11.0. The van der Waals surface area contributed by atoms with Crippen molar-refractivity contribution in [2.24, 2.45) is 0 Å². The van der Waals surface area contributed by atoms with E-state index in [-0.39, 0.29) is 27.1 Å². The van der Waals surface area contributed by atoms with Crippen LogP contribution < -0.4 is 10.3 Å². The molecule has 1 radical (unpaired) electrons. The van der Waals surface area contributed by atoms with Crippen molar-refractivity contribution in [2.75, 3.05) is 11.9 Å². The summed E-state index contributed by atoms with van der Waals surface area (Å²) in [4.78, 5) is 7.83. The number of fused-ring (bicyclic) bond motifs is 3. The molecule has 197 valence electrons. The molecule has 2 heterocycles. The van der Waals surface area contributed by atoms with Crippen LogP contribution in [0.5, 0.6) is 0 Å². The van der Waals surface area contributed by atoms with Crippen molar-refractivity contribution in [1.29, 1.82) is 0 Å². The average Bonchev–Trinajstić information content (AvgIpc) is 3.34. The summed E-state index contributed by atoms with van der Waals surface area (Å²) in [5.41, 5.74) is 10.8. The van der Waals surface area contributed by atoms with E-state index in [1.807, 2.05) is 6.07 Å². The molecule has 3 nitrogen and oxygen atoms in total. The van der Waals surface area contributed by atoms with Crippen molar-refractivity contribution in [3.8, 4) is 33.9 Å². The Labute approximate surface area is 246 Å². The van der Waals surface area contributed by atoms with Crippen LogP contribution in [0.1, 0.15) is 50.7 Å². The van der Waals surface area contributed by atoms with Crippen LogP contribution in [0.3, 0.4) is 0 Å². The Morgan fingerprint density at radius 2 is 1.31 bits per heavy atom. The molecule has 4 aromatic carbocycles. The van der Waals surface area contributed by atoms with Crippen LogP contribution in [0.15, 0.2) is 97.1 Å². The first kappa shape index (κ1) is 27.2. The molecule has 0 amide bonds. The van der Waals surface area contributed by atoms with Crippen molar-refractivity contribution < 1.29 is 20.1 Å². The van der Waals surface area contributed by atoms with Crippen molar-refractivity contribution in [3.63, 3.8) is 0 Å². The van der Waals surface area contributed by atoms with E-state index in [2.05, 4.69) is 141 Å². The molecular weight excluding hydrogens is 653 g/mol. The second-order valence-electron chi connectivity index (χ2n) is 10.8. The van der Waals surface area contributed by atoms with Crippen molar-refractivity contribution in [2.45, 2.75) is 39.5 Å². The smallest absolute Gasteiger partial charge is 0.399 e. The maximum atomic E-state index is 5.40. The molecule has 0 saturated carbocycles. The summed E-state index contributed by atoms with van der Waals surface area (Å²) < 4.78 is 2.48. The van der Waals surface area contributed by atoms with Crippen molar-refractivity contribution in [1.82, 2.24) is 9.46 Å². The minimum Gasteiger partial charge on any atom is -0.436 e. The SMILES string of the molecule is CC(C)c1cccc(C(C)C)c1B1N(C)c2ccc[c-]c2-c2nc(-c3ccccc3)c(-c3ccccc3)n21.[Ir]. The van der Waals surface area contributed by atoms with E-state index in [0.717, 1.165) is 39.6 Å². The molecule has 0 saturated heterocycles. The van der Waals surface area contributed by atoms with Gasteiger partial charge >= 0.3 is 6.98 Å².